The number of rotatable bonds is 5. The lowest BCUT2D eigenvalue weighted by Crippen LogP contribution is -2.43. The molecule has 1 aromatic carbocycles. The molecule has 20 heavy (non-hydrogen) atoms. The second-order valence-electron chi connectivity index (χ2n) is 5.60. The Morgan fingerprint density at radius 1 is 1.30 bits per heavy atom. The maximum absolute atomic E-state index is 12.3. The van der Waals surface area contributed by atoms with Crippen molar-refractivity contribution in [3.05, 3.63) is 29.8 Å². The van der Waals surface area contributed by atoms with Gasteiger partial charge >= 0.3 is 0 Å². The van der Waals surface area contributed by atoms with Crippen molar-refractivity contribution in [1.82, 2.24) is 9.80 Å². The number of piperidine rings is 1. The van der Waals surface area contributed by atoms with E-state index in [2.05, 4.69) is 23.9 Å². The topological polar surface area (TPSA) is 32.8 Å². The molecule has 0 spiro atoms. The van der Waals surface area contributed by atoms with Crippen LogP contribution in [0.15, 0.2) is 24.3 Å². The van der Waals surface area contributed by atoms with Crippen LogP contribution in [0.1, 0.15) is 23.2 Å². The molecule has 0 N–H and O–H groups in total. The number of hydrogen-bond acceptors (Lipinski definition) is 4. The van der Waals surface area contributed by atoms with Crippen LogP contribution in [-0.4, -0.2) is 62.5 Å². The Labute approximate surface area is 121 Å². The molecule has 0 bridgehead atoms. The van der Waals surface area contributed by atoms with Crippen molar-refractivity contribution in [2.75, 3.05) is 40.8 Å². The van der Waals surface area contributed by atoms with Crippen molar-refractivity contribution in [1.29, 1.82) is 0 Å². The number of likely N-dealkylation sites (N-methyl/N-ethyl adjacent to an activating group) is 1. The predicted octanol–water partition coefficient (Wildman–Crippen LogP) is 1.90. The van der Waals surface area contributed by atoms with E-state index in [1.165, 1.54) is 0 Å². The van der Waals surface area contributed by atoms with Gasteiger partial charge in [0.25, 0.3) is 0 Å². The van der Waals surface area contributed by atoms with Crippen LogP contribution in [0.2, 0.25) is 0 Å². The van der Waals surface area contributed by atoms with Gasteiger partial charge in [-0.1, -0.05) is 0 Å². The van der Waals surface area contributed by atoms with Crippen LogP contribution >= 0.6 is 0 Å². The number of ketones is 1. The SMILES string of the molecule is COc1ccc(C(=O)CN(C)C2CCN(C)CC2)cc1. The molecule has 1 fully saturated rings. The van der Waals surface area contributed by atoms with Crippen LogP contribution in [0.5, 0.6) is 5.75 Å². The molecule has 1 heterocycles. The van der Waals surface area contributed by atoms with Crippen molar-refractivity contribution in [2.24, 2.45) is 0 Å². The molecule has 0 aliphatic carbocycles. The monoisotopic (exact) mass is 276 g/mol. The Morgan fingerprint density at radius 2 is 1.90 bits per heavy atom. The Kier molecular flexibility index (Phi) is 5.15. The minimum atomic E-state index is 0.175. The molecule has 0 aromatic heterocycles. The molecule has 0 saturated carbocycles. The summed E-state index contributed by atoms with van der Waals surface area (Å²) in [5, 5.41) is 0. The summed E-state index contributed by atoms with van der Waals surface area (Å²) in [6, 6.07) is 7.87. The first-order chi connectivity index (χ1) is 9.60. The fourth-order valence-electron chi connectivity index (χ4n) is 2.66. The molecule has 1 aliphatic rings. The average molecular weight is 276 g/mol. The molecule has 0 atom stereocenters. The maximum Gasteiger partial charge on any atom is 0.176 e. The molecule has 4 nitrogen and oxygen atoms in total. The van der Waals surface area contributed by atoms with Gasteiger partial charge in [-0.05, 0) is 64.3 Å². The number of benzene rings is 1. The molecule has 2 rings (SSSR count). The summed E-state index contributed by atoms with van der Waals surface area (Å²) in [6.07, 6.45) is 2.28. The molecule has 0 radical (unpaired) electrons. The lowest BCUT2D eigenvalue weighted by molar-refractivity contribution is 0.0871. The number of carbonyl (C=O) groups excluding carboxylic acids is 1. The van der Waals surface area contributed by atoms with Gasteiger partial charge in [0.15, 0.2) is 5.78 Å². The third kappa shape index (κ3) is 3.81. The van der Waals surface area contributed by atoms with E-state index in [1.807, 2.05) is 24.3 Å². The smallest absolute Gasteiger partial charge is 0.176 e. The fraction of sp³-hybridized carbons (Fsp3) is 0.562. The van der Waals surface area contributed by atoms with E-state index >= 15 is 0 Å². The maximum atomic E-state index is 12.3. The van der Waals surface area contributed by atoms with Crippen molar-refractivity contribution >= 4 is 5.78 Å². The summed E-state index contributed by atoms with van der Waals surface area (Å²) in [7, 11) is 5.83. The standard InChI is InChI=1S/C16H24N2O2/c1-17-10-8-14(9-11-17)18(2)12-16(19)13-4-6-15(20-3)7-5-13/h4-7,14H,8-12H2,1-3H3. The summed E-state index contributed by atoms with van der Waals surface area (Å²) in [5.41, 5.74) is 0.755. The van der Waals surface area contributed by atoms with Gasteiger partial charge in [-0.2, -0.15) is 0 Å². The van der Waals surface area contributed by atoms with E-state index in [4.69, 9.17) is 4.74 Å². The van der Waals surface area contributed by atoms with Gasteiger partial charge in [-0.25, -0.2) is 0 Å². The molecule has 1 aromatic rings. The third-order valence-corrected chi connectivity index (χ3v) is 4.12. The van der Waals surface area contributed by atoms with E-state index < -0.39 is 0 Å². The van der Waals surface area contributed by atoms with Gasteiger partial charge < -0.3 is 9.64 Å². The van der Waals surface area contributed by atoms with Crippen molar-refractivity contribution in [2.45, 2.75) is 18.9 Å². The van der Waals surface area contributed by atoms with Crippen LogP contribution in [0.4, 0.5) is 0 Å². The normalized spacial score (nSPS) is 17.4. The largest absolute Gasteiger partial charge is 0.497 e. The molecule has 110 valence electrons. The molecule has 1 aliphatic heterocycles. The second-order valence-corrected chi connectivity index (χ2v) is 5.60. The molecule has 0 amide bonds. The first-order valence-corrected chi connectivity index (χ1v) is 7.16. The number of hydrogen-bond donors (Lipinski definition) is 0. The zero-order chi connectivity index (χ0) is 14.5. The van der Waals surface area contributed by atoms with Gasteiger partial charge in [0.1, 0.15) is 5.75 Å². The second kappa shape index (κ2) is 6.86. The van der Waals surface area contributed by atoms with Crippen LogP contribution in [0.25, 0.3) is 0 Å². The molecular formula is C16H24N2O2. The van der Waals surface area contributed by atoms with Gasteiger partial charge in [-0.15, -0.1) is 0 Å². The lowest BCUT2D eigenvalue weighted by atomic mass is 10.0. The first-order valence-electron chi connectivity index (χ1n) is 7.16. The zero-order valence-electron chi connectivity index (χ0n) is 12.6. The lowest BCUT2D eigenvalue weighted by Gasteiger charge is -2.34. The van der Waals surface area contributed by atoms with Crippen LogP contribution in [0.3, 0.4) is 0 Å². The molecule has 0 unspecified atom stereocenters. The van der Waals surface area contributed by atoms with Gasteiger partial charge in [0.2, 0.25) is 0 Å². The number of nitrogens with zero attached hydrogens (tertiary/aromatic N) is 2. The summed E-state index contributed by atoms with van der Waals surface area (Å²) < 4.78 is 5.11. The number of ether oxygens (including phenoxy) is 1. The minimum Gasteiger partial charge on any atom is -0.497 e. The fourth-order valence-corrected chi connectivity index (χ4v) is 2.66. The van der Waals surface area contributed by atoms with E-state index in [0.717, 1.165) is 37.2 Å². The summed E-state index contributed by atoms with van der Waals surface area (Å²) in [6.45, 7) is 2.72. The van der Waals surface area contributed by atoms with E-state index in [1.54, 1.807) is 7.11 Å². The highest BCUT2D eigenvalue weighted by Gasteiger charge is 2.22. The predicted molar refractivity (Wildman–Crippen MR) is 80.5 cm³/mol. The Bertz CT molecular complexity index is 436. The van der Waals surface area contributed by atoms with Crippen molar-refractivity contribution in [3.63, 3.8) is 0 Å². The Morgan fingerprint density at radius 3 is 2.45 bits per heavy atom. The molecular weight excluding hydrogens is 252 g/mol. The summed E-state index contributed by atoms with van der Waals surface area (Å²) in [4.78, 5) is 16.8. The average Bonchev–Trinajstić information content (AvgIpc) is 2.48. The summed E-state index contributed by atoms with van der Waals surface area (Å²) in [5.74, 6) is 0.958. The van der Waals surface area contributed by atoms with Gasteiger partial charge in [-0.3, -0.25) is 9.69 Å². The van der Waals surface area contributed by atoms with Crippen LogP contribution < -0.4 is 4.74 Å². The third-order valence-electron chi connectivity index (χ3n) is 4.12. The van der Waals surface area contributed by atoms with Crippen LogP contribution in [0, 0.1) is 0 Å². The number of carbonyl (C=O) groups is 1. The Hall–Kier alpha value is -1.39. The highest BCUT2D eigenvalue weighted by atomic mass is 16.5. The number of methoxy groups -OCH3 is 1. The van der Waals surface area contributed by atoms with E-state index in [-0.39, 0.29) is 5.78 Å². The van der Waals surface area contributed by atoms with Gasteiger partial charge in [0.05, 0.1) is 13.7 Å². The van der Waals surface area contributed by atoms with Crippen molar-refractivity contribution < 1.29 is 9.53 Å². The first kappa shape index (κ1) is 15.0. The highest BCUT2D eigenvalue weighted by molar-refractivity contribution is 5.97. The number of likely N-dealkylation sites (tertiary alicyclic amines) is 1. The minimum absolute atomic E-state index is 0.175. The number of Topliss-reactive ketones (excluding diaryl/α,β-unsaturated/α-hetero) is 1. The highest BCUT2D eigenvalue weighted by Crippen LogP contribution is 2.16. The van der Waals surface area contributed by atoms with Gasteiger partial charge in [0, 0.05) is 11.6 Å². The Balaban J connectivity index is 1.89. The van der Waals surface area contributed by atoms with Crippen LogP contribution in [-0.2, 0) is 0 Å². The van der Waals surface area contributed by atoms with E-state index in [0.29, 0.717) is 12.6 Å². The quantitative estimate of drug-likeness (QED) is 0.769. The summed E-state index contributed by atoms with van der Waals surface area (Å²) >= 11 is 0. The molecule has 1 saturated heterocycles. The van der Waals surface area contributed by atoms with Crippen molar-refractivity contribution in [3.8, 4) is 5.75 Å². The zero-order valence-corrected chi connectivity index (χ0v) is 12.6. The molecule has 4 heteroatoms. The van der Waals surface area contributed by atoms with E-state index in [9.17, 15) is 4.79 Å².